The van der Waals surface area contributed by atoms with E-state index in [1.54, 1.807) is 18.7 Å². The van der Waals surface area contributed by atoms with Crippen LogP contribution in [0.1, 0.15) is 54.3 Å². The van der Waals surface area contributed by atoms with Crippen LogP contribution in [-0.2, 0) is 17.4 Å². The van der Waals surface area contributed by atoms with Gasteiger partial charge < -0.3 is 10.2 Å². The van der Waals surface area contributed by atoms with E-state index >= 15 is 0 Å². The van der Waals surface area contributed by atoms with Gasteiger partial charge in [-0.1, -0.05) is 18.2 Å². The third-order valence-corrected chi connectivity index (χ3v) is 4.84. The molecule has 1 aromatic heterocycles. The summed E-state index contributed by atoms with van der Waals surface area (Å²) < 4.78 is 40.9. The quantitative estimate of drug-likeness (QED) is 0.743. The zero-order valence-electron chi connectivity index (χ0n) is 16.3. The zero-order valence-corrected chi connectivity index (χ0v) is 16.3. The number of fused-ring (bicyclic) bond motifs is 1. The number of anilines is 1. The predicted octanol–water partition coefficient (Wildman–Crippen LogP) is 3.58. The predicted molar refractivity (Wildman–Crippen MR) is 102 cm³/mol. The lowest BCUT2D eigenvalue weighted by Gasteiger charge is -2.17. The van der Waals surface area contributed by atoms with Crippen LogP contribution >= 0.6 is 0 Å². The Labute approximate surface area is 166 Å². The molecular weight excluding hydrogens is 385 g/mol. The summed E-state index contributed by atoms with van der Waals surface area (Å²) in [5.41, 5.74) is 0.453. The molecule has 0 aliphatic carbocycles. The van der Waals surface area contributed by atoms with Crippen LogP contribution < -0.4 is 10.2 Å². The summed E-state index contributed by atoms with van der Waals surface area (Å²) in [4.78, 5) is 26.4. The topological polar surface area (TPSA) is 67.2 Å². The van der Waals surface area contributed by atoms with Crippen LogP contribution in [0.5, 0.6) is 0 Å². The number of carbonyl (C=O) groups excluding carboxylic acids is 2. The molecule has 1 aliphatic rings. The number of hydrogen-bond donors (Lipinski definition) is 1. The van der Waals surface area contributed by atoms with E-state index in [1.807, 2.05) is 24.3 Å². The molecule has 3 rings (SSSR count). The maximum absolute atomic E-state index is 13.4. The van der Waals surface area contributed by atoms with E-state index in [0.29, 0.717) is 13.0 Å². The number of alkyl halides is 3. The molecule has 0 bridgehead atoms. The Bertz CT molecular complexity index is 905. The number of nitrogens with one attached hydrogen (secondary N) is 1. The van der Waals surface area contributed by atoms with Gasteiger partial charge in [0.05, 0.1) is 11.8 Å². The van der Waals surface area contributed by atoms with Gasteiger partial charge in [0.15, 0.2) is 5.69 Å². The molecule has 156 valence electrons. The Kier molecular flexibility index (Phi) is 5.95. The van der Waals surface area contributed by atoms with Gasteiger partial charge in [-0.15, -0.1) is 0 Å². The van der Waals surface area contributed by atoms with Crippen molar-refractivity contribution >= 4 is 17.5 Å². The Hall–Kier alpha value is -2.84. The minimum Gasteiger partial charge on any atom is -0.352 e. The number of rotatable bonds is 6. The summed E-state index contributed by atoms with van der Waals surface area (Å²) >= 11 is 0. The van der Waals surface area contributed by atoms with Crippen molar-refractivity contribution in [2.45, 2.75) is 45.3 Å². The molecule has 0 spiro atoms. The second kappa shape index (κ2) is 8.26. The van der Waals surface area contributed by atoms with E-state index in [4.69, 9.17) is 0 Å². The number of nitrogens with zero attached hydrogens (tertiary/aromatic N) is 3. The molecule has 2 amide bonds. The fraction of sp³-hybridized carbons (Fsp3) is 0.450. The maximum atomic E-state index is 13.4. The number of amides is 2. The third-order valence-electron chi connectivity index (χ3n) is 4.84. The molecule has 1 aromatic carbocycles. The van der Waals surface area contributed by atoms with Crippen LogP contribution in [-0.4, -0.2) is 34.7 Å². The highest BCUT2D eigenvalue weighted by atomic mass is 19.4. The molecule has 0 radical (unpaired) electrons. The number of hydrogen-bond acceptors (Lipinski definition) is 3. The van der Waals surface area contributed by atoms with Crippen LogP contribution in [0.2, 0.25) is 0 Å². The van der Waals surface area contributed by atoms with Crippen molar-refractivity contribution in [3.05, 3.63) is 47.3 Å². The van der Waals surface area contributed by atoms with Gasteiger partial charge >= 0.3 is 6.18 Å². The van der Waals surface area contributed by atoms with E-state index < -0.39 is 29.4 Å². The molecule has 0 saturated heterocycles. The van der Waals surface area contributed by atoms with E-state index in [9.17, 15) is 22.8 Å². The SMILES string of the molecule is CC(C)n1ncc(C(=O)NCCCC(=O)N2CCc3ccccc32)c1C(F)(F)F. The summed E-state index contributed by atoms with van der Waals surface area (Å²) in [7, 11) is 0. The minimum absolute atomic E-state index is 0.0622. The molecule has 29 heavy (non-hydrogen) atoms. The van der Waals surface area contributed by atoms with Crippen molar-refractivity contribution in [1.82, 2.24) is 15.1 Å². The monoisotopic (exact) mass is 408 g/mol. The van der Waals surface area contributed by atoms with Crippen LogP contribution in [0, 0.1) is 0 Å². The van der Waals surface area contributed by atoms with Gasteiger partial charge in [-0.05, 0) is 38.3 Å². The lowest BCUT2D eigenvalue weighted by atomic mass is 10.2. The molecule has 0 unspecified atom stereocenters. The summed E-state index contributed by atoms with van der Waals surface area (Å²) in [6.07, 6.45) is -2.41. The first kappa shape index (κ1) is 20.9. The largest absolute Gasteiger partial charge is 0.433 e. The average Bonchev–Trinajstić information content (AvgIpc) is 3.29. The molecule has 9 heteroatoms. The maximum Gasteiger partial charge on any atom is 0.433 e. The number of carbonyl (C=O) groups is 2. The number of benzene rings is 1. The summed E-state index contributed by atoms with van der Waals surface area (Å²) in [5, 5.41) is 6.17. The molecule has 1 aliphatic heterocycles. The van der Waals surface area contributed by atoms with Gasteiger partial charge in [0.2, 0.25) is 5.91 Å². The first-order valence-electron chi connectivity index (χ1n) is 9.51. The molecular formula is C20H23F3N4O2. The van der Waals surface area contributed by atoms with Gasteiger partial charge in [0.25, 0.3) is 5.91 Å². The van der Waals surface area contributed by atoms with Gasteiger partial charge in [-0.25, -0.2) is 0 Å². The van der Waals surface area contributed by atoms with Crippen molar-refractivity contribution in [2.24, 2.45) is 0 Å². The van der Waals surface area contributed by atoms with Crippen LogP contribution in [0.4, 0.5) is 18.9 Å². The highest BCUT2D eigenvalue weighted by Crippen LogP contribution is 2.33. The molecule has 6 nitrogen and oxygen atoms in total. The van der Waals surface area contributed by atoms with E-state index in [2.05, 4.69) is 10.4 Å². The average molecular weight is 408 g/mol. The molecule has 2 aromatic rings. The number of aromatic nitrogens is 2. The van der Waals surface area contributed by atoms with E-state index in [1.165, 1.54) is 0 Å². The summed E-state index contributed by atoms with van der Waals surface area (Å²) in [6, 6.07) is 7.15. The fourth-order valence-corrected chi connectivity index (χ4v) is 3.47. The zero-order chi connectivity index (χ0) is 21.2. The lowest BCUT2D eigenvalue weighted by molar-refractivity contribution is -0.145. The van der Waals surface area contributed by atoms with Crippen molar-refractivity contribution < 1.29 is 22.8 Å². The molecule has 0 atom stereocenters. The highest BCUT2D eigenvalue weighted by molar-refractivity contribution is 5.96. The second-order valence-electron chi connectivity index (χ2n) is 7.23. The molecule has 2 heterocycles. The van der Waals surface area contributed by atoms with Crippen molar-refractivity contribution in [1.29, 1.82) is 0 Å². The van der Waals surface area contributed by atoms with E-state index in [-0.39, 0.29) is 18.9 Å². The second-order valence-corrected chi connectivity index (χ2v) is 7.23. The standard InChI is InChI=1S/C20H23F3N4O2/c1-13(2)27-18(20(21,22)23)15(12-25-27)19(29)24-10-5-8-17(28)26-11-9-14-6-3-4-7-16(14)26/h3-4,6-7,12-13H,5,8-11H2,1-2H3,(H,24,29). The molecule has 1 N–H and O–H groups in total. The van der Waals surface area contributed by atoms with Crippen molar-refractivity contribution in [3.63, 3.8) is 0 Å². The minimum atomic E-state index is -4.69. The molecule has 0 saturated carbocycles. The summed E-state index contributed by atoms with van der Waals surface area (Å²) in [6.45, 7) is 3.84. The van der Waals surface area contributed by atoms with Crippen molar-refractivity contribution in [3.8, 4) is 0 Å². The first-order valence-corrected chi connectivity index (χ1v) is 9.51. The smallest absolute Gasteiger partial charge is 0.352 e. The number of halogens is 3. The van der Waals surface area contributed by atoms with Gasteiger partial charge in [-0.3, -0.25) is 14.3 Å². The highest BCUT2D eigenvalue weighted by Gasteiger charge is 2.40. The third kappa shape index (κ3) is 4.44. The van der Waals surface area contributed by atoms with Crippen LogP contribution in [0.15, 0.2) is 30.5 Å². The van der Waals surface area contributed by atoms with Gasteiger partial charge in [0.1, 0.15) is 0 Å². The number of para-hydroxylation sites is 1. The van der Waals surface area contributed by atoms with Crippen LogP contribution in [0.25, 0.3) is 0 Å². The normalized spacial score (nSPS) is 13.7. The van der Waals surface area contributed by atoms with Crippen LogP contribution in [0.3, 0.4) is 0 Å². The summed E-state index contributed by atoms with van der Waals surface area (Å²) in [5.74, 6) is -0.906. The Morgan fingerprint density at radius 1 is 1.24 bits per heavy atom. The Morgan fingerprint density at radius 2 is 1.97 bits per heavy atom. The van der Waals surface area contributed by atoms with Crippen molar-refractivity contribution in [2.75, 3.05) is 18.0 Å². The Morgan fingerprint density at radius 3 is 2.66 bits per heavy atom. The van der Waals surface area contributed by atoms with Gasteiger partial charge in [0, 0.05) is 31.2 Å². The Balaban J connectivity index is 1.55. The fourth-order valence-electron chi connectivity index (χ4n) is 3.47. The van der Waals surface area contributed by atoms with E-state index in [0.717, 1.165) is 28.6 Å². The molecule has 0 fully saturated rings. The first-order chi connectivity index (χ1) is 13.7. The van der Waals surface area contributed by atoms with Gasteiger partial charge in [-0.2, -0.15) is 18.3 Å². The lowest BCUT2D eigenvalue weighted by Crippen LogP contribution is -2.31.